The van der Waals surface area contributed by atoms with Crippen molar-refractivity contribution in [3.05, 3.63) is 41.5 Å². The second kappa shape index (κ2) is 6.48. The molecular formula is C18H23NO3S. The van der Waals surface area contributed by atoms with Crippen molar-refractivity contribution < 1.29 is 13.2 Å². The lowest BCUT2D eigenvalue weighted by molar-refractivity contribution is -0.131. The molecule has 2 aliphatic rings. The number of sulfone groups is 1. The number of rotatable bonds is 3. The summed E-state index contributed by atoms with van der Waals surface area (Å²) in [7, 11) is -3.18. The van der Waals surface area contributed by atoms with E-state index >= 15 is 0 Å². The molecule has 0 fully saturated rings. The zero-order valence-electron chi connectivity index (χ0n) is 13.5. The van der Waals surface area contributed by atoms with E-state index < -0.39 is 9.84 Å². The Morgan fingerprint density at radius 3 is 2.61 bits per heavy atom. The van der Waals surface area contributed by atoms with Crippen LogP contribution in [-0.4, -0.2) is 38.6 Å². The van der Waals surface area contributed by atoms with Gasteiger partial charge in [0.1, 0.15) is 0 Å². The Morgan fingerprint density at radius 1 is 1.22 bits per heavy atom. The van der Waals surface area contributed by atoms with Crippen molar-refractivity contribution in [3.8, 4) is 0 Å². The van der Waals surface area contributed by atoms with Crippen molar-refractivity contribution >= 4 is 15.7 Å². The van der Waals surface area contributed by atoms with Crippen LogP contribution in [0.1, 0.15) is 30.4 Å². The van der Waals surface area contributed by atoms with Crippen LogP contribution in [0.25, 0.3) is 0 Å². The Morgan fingerprint density at radius 2 is 1.96 bits per heavy atom. The largest absolute Gasteiger partial charge is 0.342 e. The Bertz CT molecular complexity index is 737. The number of amides is 1. The molecule has 1 aliphatic carbocycles. The summed E-state index contributed by atoms with van der Waals surface area (Å²) in [5, 5.41) is 0. The molecule has 1 aliphatic heterocycles. The van der Waals surface area contributed by atoms with Gasteiger partial charge in [0.25, 0.3) is 0 Å². The van der Waals surface area contributed by atoms with Gasteiger partial charge in [-0.1, -0.05) is 18.2 Å². The summed E-state index contributed by atoms with van der Waals surface area (Å²) >= 11 is 0. The van der Waals surface area contributed by atoms with E-state index in [1.54, 1.807) is 12.1 Å². The molecule has 4 nitrogen and oxygen atoms in total. The molecule has 0 bridgehead atoms. The highest BCUT2D eigenvalue weighted by Gasteiger charge is 2.22. The van der Waals surface area contributed by atoms with Gasteiger partial charge in [0.05, 0.1) is 4.90 Å². The Kier molecular flexibility index (Phi) is 4.57. The van der Waals surface area contributed by atoms with Gasteiger partial charge in [0.2, 0.25) is 5.91 Å². The maximum absolute atomic E-state index is 12.5. The zero-order valence-corrected chi connectivity index (χ0v) is 14.3. The molecule has 0 aromatic heterocycles. The average Bonchev–Trinajstić information content (AvgIpc) is 2.90. The first-order valence-electron chi connectivity index (χ1n) is 8.20. The minimum atomic E-state index is -3.18. The molecule has 5 heteroatoms. The van der Waals surface area contributed by atoms with Gasteiger partial charge in [-0.15, -0.1) is 0 Å². The van der Waals surface area contributed by atoms with Crippen LogP contribution in [0.4, 0.5) is 0 Å². The first-order valence-corrected chi connectivity index (χ1v) is 10.1. The molecule has 1 aromatic carbocycles. The maximum Gasteiger partial charge on any atom is 0.223 e. The van der Waals surface area contributed by atoms with Gasteiger partial charge in [-0.3, -0.25) is 4.79 Å². The topological polar surface area (TPSA) is 54.5 Å². The van der Waals surface area contributed by atoms with E-state index in [0.29, 0.717) is 23.8 Å². The fraction of sp³-hybridized carbons (Fsp3) is 0.500. The third-order valence-electron chi connectivity index (χ3n) is 4.81. The summed E-state index contributed by atoms with van der Waals surface area (Å²) in [6.07, 6.45) is 9.83. The first kappa shape index (κ1) is 16.2. The molecule has 3 rings (SSSR count). The summed E-state index contributed by atoms with van der Waals surface area (Å²) in [5.74, 6) is 0.614. The van der Waals surface area contributed by atoms with Crippen LogP contribution >= 0.6 is 0 Å². The van der Waals surface area contributed by atoms with Crippen molar-refractivity contribution in [3.63, 3.8) is 0 Å². The standard InChI is InChI=1S/C18H23NO3S/c1-23(21,22)17-7-6-15-8-10-19(11-9-16(15)13-17)18(20)12-14-4-2-3-5-14/h2,4,6-7,13-14H,3,5,8-12H2,1H3. The second-order valence-electron chi connectivity index (χ2n) is 6.55. The smallest absolute Gasteiger partial charge is 0.223 e. The predicted molar refractivity (Wildman–Crippen MR) is 90.0 cm³/mol. The van der Waals surface area contributed by atoms with Crippen molar-refractivity contribution in [1.29, 1.82) is 0 Å². The minimum Gasteiger partial charge on any atom is -0.342 e. The van der Waals surface area contributed by atoms with Crippen LogP contribution in [0.3, 0.4) is 0 Å². The molecule has 0 N–H and O–H groups in total. The summed E-state index contributed by atoms with van der Waals surface area (Å²) in [6.45, 7) is 1.40. The van der Waals surface area contributed by atoms with E-state index in [-0.39, 0.29) is 5.91 Å². The summed E-state index contributed by atoms with van der Waals surface area (Å²) in [5.41, 5.74) is 2.22. The third-order valence-corrected chi connectivity index (χ3v) is 5.92. The number of fused-ring (bicyclic) bond motifs is 1. The van der Waals surface area contributed by atoms with Gasteiger partial charge in [0, 0.05) is 25.8 Å². The Balaban J connectivity index is 1.69. The Labute approximate surface area is 138 Å². The van der Waals surface area contributed by atoms with Crippen molar-refractivity contribution in [2.45, 2.75) is 37.0 Å². The minimum absolute atomic E-state index is 0.220. The first-order chi connectivity index (χ1) is 10.9. The van der Waals surface area contributed by atoms with Gasteiger partial charge in [-0.05, 0) is 54.9 Å². The zero-order chi connectivity index (χ0) is 16.4. The predicted octanol–water partition coefficient (Wildman–Crippen LogP) is 2.37. The van der Waals surface area contributed by atoms with Gasteiger partial charge in [-0.2, -0.15) is 0 Å². The highest BCUT2D eigenvalue weighted by molar-refractivity contribution is 7.90. The van der Waals surface area contributed by atoms with Crippen LogP contribution in [-0.2, 0) is 27.5 Å². The lowest BCUT2D eigenvalue weighted by Gasteiger charge is -2.21. The molecule has 0 spiro atoms. The molecule has 1 unspecified atom stereocenters. The van der Waals surface area contributed by atoms with Gasteiger partial charge < -0.3 is 4.90 Å². The van der Waals surface area contributed by atoms with E-state index in [9.17, 15) is 13.2 Å². The number of benzene rings is 1. The number of hydrogen-bond acceptors (Lipinski definition) is 3. The third kappa shape index (κ3) is 3.83. The van der Waals surface area contributed by atoms with Crippen LogP contribution in [0.5, 0.6) is 0 Å². The van der Waals surface area contributed by atoms with Crippen molar-refractivity contribution in [1.82, 2.24) is 4.90 Å². The van der Waals surface area contributed by atoms with E-state index in [2.05, 4.69) is 12.2 Å². The summed E-state index contributed by atoms with van der Waals surface area (Å²) < 4.78 is 23.4. The molecular weight excluding hydrogens is 310 g/mol. The fourth-order valence-electron chi connectivity index (χ4n) is 3.40. The second-order valence-corrected chi connectivity index (χ2v) is 8.57. The molecule has 1 atom stereocenters. The quantitative estimate of drug-likeness (QED) is 0.798. The van der Waals surface area contributed by atoms with E-state index in [0.717, 1.165) is 43.4 Å². The normalized spacial score (nSPS) is 21.1. The van der Waals surface area contributed by atoms with Crippen molar-refractivity contribution in [2.24, 2.45) is 5.92 Å². The number of carbonyl (C=O) groups excluding carboxylic acids is 1. The number of carbonyl (C=O) groups is 1. The molecule has 1 aromatic rings. The lowest BCUT2D eigenvalue weighted by atomic mass is 10.0. The highest BCUT2D eigenvalue weighted by Crippen LogP contribution is 2.24. The maximum atomic E-state index is 12.5. The lowest BCUT2D eigenvalue weighted by Crippen LogP contribution is -2.34. The van der Waals surface area contributed by atoms with Gasteiger partial charge in [-0.25, -0.2) is 8.42 Å². The molecule has 0 radical (unpaired) electrons. The molecule has 124 valence electrons. The monoisotopic (exact) mass is 333 g/mol. The Hall–Kier alpha value is -1.62. The van der Waals surface area contributed by atoms with Crippen LogP contribution < -0.4 is 0 Å². The number of allylic oxidation sites excluding steroid dienone is 2. The number of nitrogens with zero attached hydrogens (tertiary/aromatic N) is 1. The molecule has 1 heterocycles. The number of hydrogen-bond donors (Lipinski definition) is 0. The molecule has 1 amide bonds. The fourth-order valence-corrected chi connectivity index (χ4v) is 4.07. The van der Waals surface area contributed by atoms with Crippen LogP contribution in [0.2, 0.25) is 0 Å². The summed E-state index contributed by atoms with van der Waals surface area (Å²) in [4.78, 5) is 14.8. The van der Waals surface area contributed by atoms with Gasteiger partial charge >= 0.3 is 0 Å². The van der Waals surface area contributed by atoms with E-state index in [1.807, 2.05) is 11.0 Å². The molecule has 0 saturated carbocycles. The molecule has 23 heavy (non-hydrogen) atoms. The van der Waals surface area contributed by atoms with Crippen LogP contribution in [0, 0.1) is 5.92 Å². The van der Waals surface area contributed by atoms with Gasteiger partial charge in [0.15, 0.2) is 9.84 Å². The van der Waals surface area contributed by atoms with E-state index in [1.165, 1.54) is 6.26 Å². The van der Waals surface area contributed by atoms with E-state index in [4.69, 9.17) is 0 Å². The summed E-state index contributed by atoms with van der Waals surface area (Å²) in [6, 6.07) is 5.35. The van der Waals surface area contributed by atoms with Crippen molar-refractivity contribution in [2.75, 3.05) is 19.3 Å². The molecule has 0 saturated heterocycles. The highest BCUT2D eigenvalue weighted by atomic mass is 32.2. The average molecular weight is 333 g/mol. The van der Waals surface area contributed by atoms with Crippen LogP contribution in [0.15, 0.2) is 35.2 Å². The SMILES string of the molecule is CS(=O)(=O)c1ccc2c(c1)CCN(C(=O)CC1C=CCC1)CC2.